The molecule has 4 heteroatoms. The topological polar surface area (TPSA) is 41.5 Å². The maximum Gasteiger partial charge on any atom is 0.0671 e. The van der Waals surface area contributed by atoms with Crippen LogP contribution in [0.15, 0.2) is 59.1 Å². The molecule has 34 heavy (non-hydrogen) atoms. The summed E-state index contributed by atoms with van der Waals surface area (Å²) in [6.07, 6.45) is 15.2. The van der Waals surface area contributed by atoms with Crippen molar-refractivity contribution in [1.82, 2.24) is 0 Å². The molecule has 0 fully saturated rings. The molecule has 0 saturated heterocycles. The number of benzene rings is 2. The fraction of sp³-hybridized carbons (Fsp3) is 0.433. The van der Waals surface area contributed by atoms with E-state index in [1.165, 1.54) is 46.4 Å². The lowest BCUT2D eigenvalue weighted by Gasteiger charge is -2.17. The molecule has 2 aromatic rings. The average molecular weight is 475 g/mol. The Balaban J connectivity index is 1.59. The van der Waals surface area contributed by atoms with Crippen LogP contribution in [0.4, 0.5) is 11.4 Å². The van der Waals surface area contributed by atoms with Crippen molar-refractivity contribution in [3.05, 3.63) is 76.4 Å². The van der Waals surface area contributed by atoms with E-state index in [2.05, 4.69) is 74.6 Å². The second kappa shape index (κ2) is 11.3. The molecule has 2 aromatic carbocycles. The summed E-state index contributed by atoms with van der Waals surface area (Å²) < 4.78 is 11.6. The first-order valence-corrected chi connectivity index (χ1v) is 14.4. The van der Waals surface area contributed by atoms with Crippen molar-refractivity contribution in [2.75, 3.05) is 17.3 Å². The van der Waals surface area contributed by atoms with Gasteiger partial charge in [0.1, 0.15) is 0 Å². The fourth-order valence-electron chi connectivity index (χ4n) is 5.17. The zero-order valence-electron chi connectivity index (χ0n) is 21.1. The molecule has 0 amide bonds. The maximum absolute atomic E-state index is 11.6. The molecule has 1 aliphatic carbocycles. The summed E-state index contributed by atoms with van der Waals surface area (Å²) in [4.78, 5) is 4.82. The third-order valence-electron chi connectivity index (χ3n) is 7.15. The standard InChI is InChI=1S/C30H38N2OS/c1-5-23-16-21(2)20-31-30(18-23)28-19-26(13-12-22(28)3)32-29-11-7-9-25-17-24(14-15-34(4)33)8-6-10-27(25)29/h7,9,11-13,16,18-20,23-24,32H,5-6,8,10,14-15,17H2,1-4H3. The highest BCUT2D eigenvalue weighted by atomic mass is 32.2. The first-order valence-electron chi connectivity index (χ1n) is 12.7. The van der Waals surface area contributed by atoms with E-state index >= 15 is 0 Å². The summed E-state index contributed by atoms with van der Waals surface area (Å²) in [5.41, 5.74) is 9.93. The lowest BCUT2D eigenvalue weighted by molar-refractivity contribution is 0.468. The van der Waals surface area contributed by atoms with Gasteiger partial charge in [0.2, 0.25) is 0 Å². The number of hydrogen-bond acceptors (Lipinski definition) is 3. The van der Waals surface area contributed by atoms with Crippen LogP contribution in [0.5, 0.6) is 0 Å². The molecule has 0 saturated carbocycles. The number of rotatable bonds is 7. The highest BCUT2D eigenvalue weighted by Gasteiger charge is 2.19. The zero-order valence-corrected chi connectivity index (χ0v) is 21.9. The Hall–Kier alpha value is -2.46. The summed E-state index contributed by atoms with van der Waals surface area (Å²) >= 11 is 0. The van der Waals surface area contributed by atoms with Crippen LogP contribution in [0.1, 0.15) is 61.8 Å². The maximum atomic E-state index is 11.6. The first-order chi connectivity index (χ1) is 16.4. The van der Waals surface area contributed by atoms with E-state index in [-0.39, 0.29) is 0 Å². The molecule has 1 aliphatic heterocycles. The third-order valence-corrected chi connectivity index (χ3v) is 7.97. The van der Waals surface area contributed by atoms with E-state index in [0.29, 0.717) is 11.8 Å². The first kappa shape index (κ1) is 24.7. The van der Waals surface area contributed by atoms with E-state index in [1.54, 1.807) is 0 Å². The van der Waals surface area contributed by atoms with E-state index in [1.807, 2.05) is 12.5 Å². The molecule has 4 rings (SSSR count). The second-order valence-corrected chi connectivity index (χ2v) is 11.5. The van der Waals surface area contributed by atoms with Crippen molar-refractivity contribution in [3.8, 4) is 0 Å². The van der Waals surface area contributed by atoms with Crippen LogP contribution in [0.2, 0.25) is 0 Å². The molecular formula is C30H38N2OS. The Morgan fingerprint density at radius 2 is 2.00 bits per heavy atom. The van der Waals surface area contributed by atoms with Crippen molar-refractivity contribution < 1.29 is 4.21 Å². The Kier molecular flexibility index (Phi) is 8.20. The summed E-state index contributed by atoms with van der Waals surface area (Å²) in [7, 11) is -0.705. The van der Waals surface area contributed by atoms with E-state index in [0.717, 1.165) is 42.8 Å². The molecule has 0 bridgehead atoms. The Morgan fingerprint density at radius 1 is 1.15 bits per heavy atom. The third kappa shape index (κ3) is 6.15. The highest BCUT2D eigenvalue weighted by molar-refractivity contribution is 7.84. The van der Waals surface area contributed by atoms with Gasteiger partial charge in [-0.15, -0.1) is 0 Å². The van der Waals surface area contributed by atoms with Gasteiger partial charge < -0.3 is 5.32 Å². The summed E-state index contributed by atoms with van der Waals surface area (Å²) in [6, 6.07) is 13.3. The minimum absolute atomic E-state index is 0.413. The van der Waals surface area contributed by atoms with Crippen molar-refractivity contribution in [3.63, 3.8) is 0 Å². The summed E-state index contributed by atoms with van der Waals surface area (Å²) in [5.74, 6) is 1.86. The molecule has 180 valence electrons. The number of anilines is 2. The fourth-order valence-corrected chi connectivity index (χ4v) is 5.84. The van der Waals surface area contributed by atoms with Crippen LogP contribution in [0, 0.1) is 18.8 Å². The molecule has 3 atom stereocenters. The van der Waals surface area contributed by atoms with Crippen molar-refractivity contribution >= 4 is 34.1 Å². The lowest BCUT2D eigenvalue weighted by atomic mass is 9.94. The van der Waals surface area contributed by atoms with Crippen molar-refractivity contribution in [2.45, 2.75) is 59.3 Å². The lowest BCUT2D eigenvalue weighted by Crippen LogP contribution is -2.08. The summed E-state index contributed by atoms with van der Waals surface area (Å²) in [6.45, 7) is 6.52. The van der Waals surface area contributed by atoms with Gasteiger partial charge in [0.05, 0.1) is 5.70 Å². The van der Waals surface area contributed by atoms with Gasteiger partial charge in [-0.25, -0.2) is 0 Å². The number of nitrogens with one attached hydrogen (secondary N) is 1. The minimum Gasteiger partial charge on any atom is -0.355 e. The van der Waals surface area contributed by atoms with E-state index in [9.17, 15) is 4.21 Å². The van der Waals surface area contributed by atoms with Crippen LogP contribution in [0.3, 0.4) is 0 Å². The quantitative estimate of drug-likeness (QED) is 0.425. The molecule has 0 spiro atoms. The number of aryl methyl sites for hydroxylation is 1. The van der Waals surface area contributed by atoms with E-state index in [4.69, 9.17) is 4.99 Å². The van der Waals surface area contributed by atoms with E-state index < -0.39 is 10.8 Å². The monoisotopic (exact) mass is 474 g/mol. The van der Waals surface area contributed by atoms with Crippen LogP contribution in [-0.4, -0.2) is 22.4 Å². The predicted octanol–water partition coefficient (Wildman–Crippen LogP) is 7.40. The van der Waals surface area contributed by atoms with Gasteiger partial charge in [-0.2, -0.15) is 0 Å². The van der Waals surface area contributed by atoms with Crippen LogP contribution >= 0.6 is 0 Å². The van der Waals surface area contributed by atoms with Gasteiger partial charge in [-0.05, 0) is 105 Å². The number of hydrogen-bond donors (Lipinski definition) is 1. The SMILES string of the molecule is CCC1C=C(C)C=NC(c2cc(Nc3cccc4c3CCCC(CCS(C)=O)C4)ccc2C)=C1. The van der Waals surface area contributed by atoms with Gasteiger partial charge in [-0.1, -0.05) is 37.3 Å². The molecular weight excluding hydrogens is 436 g/mol. The summed E-state index contributed by atoms with van der Waals surface area (Å²) in [5, 5.41) is 3.74. The van der Waals surface area contributed by atoms with Gasteiger partial charge in [0.15, 0.2) is 0 Å². The normalized spacial score (nSPS) is 21.1. The van der Waals surface area contributed by atoms with Crippen LogP contribution in [0.25, 0.3) is 5.70 Å². The molecule has 3 nitrogen and oxygen atoms in total. The molecule has 1 N–H and O–H groups in total. The van der Waals surface area contributed by atoms with Crippen LogP contribution < -0.4 is 5.32 Å². The number of allylic oxidation sites excluding steroid dienone is 3. The second-order valence-electron chi connectivity index (χ2n) is 9.92. The number of fused-ring (bicyclic) bond motifs is 1. The Morgan fingerprint density at radius 3 is 2.79 bits per heavy atom. The van der Waals surface area contributed by atoms with Gasteiger partial charge >= 0.3 is 0 Å². The molecule has 3 unspecified atom stereocenters. The average Bonchev–Trinajstić information content (AvgIpc) is 3.15. The van der Waals surface area contributed by atoms with Gasteiger partial charge in [-0.3, -0.25) is 9.20 Å². The minimum atomic E-state index is -0.705. The number of nitrogens with zero attached hydrogens (tertiary/aromatic N) is 1. The molecule has 0 aromatic heterocycles. The molecule has 1 heterocycles. The Labute approximate surface area is 207 Å². The zero-order chi connectivity index (χ0) is 24.1. The molecule has 0 radical (unpaired) electrons. The predicted molar refractivity (Wildman–Crippen MR) is 149 cm³/mol. The largest absolute Gasteiger partial charge is 0.355 e. The Bertz CT molecular complexity index is 1140. The number of aliphatic imine (C=N–C) groups is 1. The molecule has 2 aliphatic rings. The van der Waals surface area contributed by atoms with Gasteiger partial charge in [0.25, 0.3) is 0 Å². The van der Waals surface area contributed by atoms with Crippen molar-refractivity contribution in [1.29, 1.82) is 0 Å². The smallest absolute Gasteiger partial charge is 0.0671 e. The highest BCUT2D eigenvalue weighted by Crippen LogP contribution is 2.34. The van der Waals surface area contributed by atoms with Crippen molar-refractivity contribution in [2.24, 2.45) is 16.8 Å². The van der Waals surface area contributed by atoms with Gasteiger partial charge in [0, 0.05) is 46.0 Å². The van der Waals surface area contributed by atoms with Crippen LogP contribution in [-0.2, 0) is 23.6 Å².